The van der Waals surface area contributed by atoms with Crippen molar-refractivity contribution in [3.8, 4) is 0 Å². The molecular formula is C10H13F2N3O2. The molecule has 3 N–H and O–H groups in total. The summed E-state index contributed by atoms with van der Waals surface area (Å²) in [5.74, 6) is -2.10. The first-order valence-electron chi connectivity index (χ1n) is 4.88. The highest BCUT2D eigenvalue weighted by Gasteiger charge is 2.26. The van der Waals surface area contributed by atoms with Crippen LogP contribution < -0.4 is 11.1 Å². The lowest BCUT2D eigenvalue weighted by Crippen LogP contribution is -2.39. The number of nitro benzene ring substituents is 1. The lowest BCUT2D eigenvalue weighted by molar-refractivity contribution is -0.386. The van der Waals surface area contributed by atoms with Gasteiger partial charge in [0.05, 0.1) is 4.92 Å². The van der Waals surface area contributed by atoms with E-state index in [1.807, 2.05) is 0 Å². The summed E-state index contributed by atoms with van der Waals surface area (Å²) in [7, 11) is 0. The SMILES string of the molecule is CC(C)(CN)Nc1cc(F)cc(F)c1[N+](=O)[O-]. The highest BCUT2D eigenvalue weighted by atomic mass is 19.1. The fraction of sp³-hybridized carbons (Fsp3) is 0.400. The number of nitrogens with zero attached hydrogens (tertiary/aromatic N) is 1. The third-order valence-corrected chi connectivity index (χ3v) is 2.19. The minimum atomic E-state index is -1.22. The van der Waals surface area contributed by atoms with E-state index in [2.05, 4.69) is 5.32 Å². The summed E-state index contributed by atoms with van der Waals surface area (Å²) >= 11 is 0. The molecule has 17 heavy (non-hydrogen) atoms. The van der Waals surface area contributed by atoms with Gasteiger partial charge in [-0.15, -0.1) is 0 Å². The minimum Gasteiger partial charge on any atom is -0.373 e. The van der Waals surface area contributed by atoms with Crippen LogP contribution in [0, 0.1) is 21.7 Å². The van der Waals surface area contributed by atoms with E-state index in [0.29, 0.717) is 6.07 Å². The monoisotopic (exact) mass is 245 g/mol. The number of nitrogens with one attached hydrogen (secondary N) is 1. The first-order valence-corrected chi connectivity index (χ1v) is 4.88. The van der Waals surface area contributed by atoms with Gasteiger partial charge in [-0.2, -0.15) is 4.39 Å². The Hall–Kier alpha value is -1.76. The second-order valence-electron chi connectivity index (χ2n) is 4.25. The molecule has 0 aliphatic heterocycles. The zero-order chi connectivity index (χ0) is 13.2. The number of hydrogen-bond donors (Lipinski definition) is 2. The van der Waals surface area contributed by atoms with Crippen LogP contribution >= 0.6 is 0 Å². The topological polar surface area (TPSA) is 81.2 Å². The molecule has 0 unspecified atom stereocenters. The average molecular weight is 245 g/mol. The largest absolute Gasteiger partial charge is 0.373 e. The van der Waals surface area contributed by atoms with Gasteiger partial charge in [0.2, 0.25) is 5.82 Å². The molecule has 1 aromatic rings. The van der Waals surface area contributed by atoms with Gasteiger partial charge in [0.25, 0.3) is 0 Å². The normalized spacial score (nSPS) is 11.4. The third kappa shape index (κ3) is 3.10. The van der Waals surface area contributed by atoms with Crippen LogP contribution in [-0.4, -0.2) is 17.0 Å². The van der Waals surface area contributed by atoms with Crippen molar-refractivity contribution in [3.63, 3.8) is 0 Å². The van der Waals surface area contributed by atoms with Crippen LogP contribution in [0.1, 0.15) is 13.8 Å². The molecule has 0 heterocycles. The van der Waals surface area contributed by atoms with E-state index >= 15 is 0 Å². The molecule has 0 fully saturated rings. The lowest BCUT2D eigenvalue weighted by Gasteiger charge is -2.25. The van der Waals surface area contributed by atoms with Gasteiger partial charge >= 0.3 is 5.69 Å². The first kappa shape index (κ1) is 13.3. The van der Waals surface area contributed by atoms with Crippen LogP contribution in [0.25, 0.3) is 0 Å². The van der Waals surface area contributed by atoms with Crippen molar-refractivity contribution >= 4 is 11.4 Å². The first-order chi connectivity index (χ1) is 7.76. The standard InChI is InChI=1S/C10H13F2N3O2/c1-10(2,5-13)14-8-4-6(11)3-7(12)9(8)15(16)17/h3-4,14H,5,13H2,1-2H3. The van der Waals surface area contributed by atoms with Crippen molar-refractivity contribution in [1.29, 1.82) is 0 Å². The maximum Gasteiger partial charge on any atom is 0.327 e. The zero-order valence-electron chi connectivity index (χ0n) is 9.46. The fourth-order valence-corrected chi connectivity index (χ4v) is 1.26. The van der Waals surface area contributed by atoms with Gasteiger partial charge in [0, 0.05) is 24.2 Å². The highest BCUT2D eigenvalue weighted by Crippen LogP contribution is 2.30. The second-order valence-corrected chi connectivity index (χ2v) is 4.25. The number of rotatable bonds is 4. The van der Waals surface area contributed by atoms with Crippen molar-refractivity contribution in [3.05, 3.63) is 33.9 Å². The molecule has 1 rings (SSSR count). The Balaban J connectivity index is 3.26. The van der Waals surface area contributed by atoms with Gasteiger partial charge in [-0.1, -0.05) is 0 Å². The van der Waals surface area contributed by atoms with E-state index in [1.54, 1.807) is 13.8 Å². The Kier molecular flexibility index (Phi) is 3.62. The Labute approximate surface area is 96.8 Å². The summed E-state index contributed by atoms with van der Waals surface area (Å²) in [6.45, 7) is 3.49. The quantitative estimate of drug-likeness (QED) is 0.628. The molecule has 0 saturated heterocycles. The van der Waals surface area contributed by atoms with Crippen molar-refractivity contribution < 1.29 is 13.7 Å². The minimum absolute atomic E-state index is 0.155. The van der Waals surface area contributed by atoms with Crippen molar-refractivity contribution in [2.45, 2.75) is 19.4 Å². The summed E-state index contributed by atoms with van der Waals surface area (Å²) in [4.78, 5) is 9.80. The van der Waals surface area contributed by atoms with E-state index in [1.165, 1.54) is 0 Å². The Morgan fingerprint density at radius 1 is 1.47 bits per heavy atom. The van der Waals surface area contributed by atoms with E-state index in [4.69, 9.17) is 5.73 Å². The Morgan fingerprint density at radius 2 is 2.06 bits per heavy atom. The molecule has 0 radical (unpaired) electrons. The molecule has 0 atom stereocenters. The summed E-state index contributed by atoms with van der Waals surface area (Å²) in [6.07, 6.45) is 0. The molecule has 5 nitrogen and oxygen atoms in total. The Morgan fingerprint density at radius 3 is 2.53 bits per heavy atom. The third-order valence-electron chi connectivity index (χ3n) is 2.19. The molecule has 1 aromatic carbocycles. The molecule has 7 heteroatoms. The van der Waals surface area contributed by atoms with Crippen LogP contribution in [0.3, 0.4) is 0 Å². The zero-order valence-corrected chi connectivity index (χ0v) is 9.46. The fourth-order valence-electron chi connectivity index (χ4n) is 1.26. The van der Waals surface area contributed by atoms with E-state index < -0.39 is 27.8 Å². The molecule has 0 spiro atoms. The lowest BCUT2D eigenvalue weighted by atomic mass is 10.1. The van der Waals surface area contributed by atoms with Crippen LogP contribution in [0.5, 0.6) is 0 Å². The summed E-state index contributed by atoms with van der Waals surface area (Å²) in [5.41, 5.74) is 3.73. The summed E-state index contributed by atoms with van der Waals surface area (Å²) < 4.78 is 26.3. The van der Waals surface area contributed by atoms with Gasteiger partial charge in [-0.05, 0) is 13.8 Å². The molecule has 0 aliphatic carbocycles. The number of hydrogen-bond acceptors (Lipinski definition) is 4. The molecule has 94 valence electrons. The average Bonchev–Trinajstić information content (AvgIpc) is 2.14. The van der Waals surface area contributed by atoms with Gasteiger partial charge in [0.1, 0.15) is 11.5 Å². The van der Waals surface area contributed by atoms with Crippen LogP contribution in [0.4, 0.5) is 20.2 Å². The number of halogens is 2. The second kappa shape index (κ2) is 4.62. The molecular weight excluding hydrogens is 232 g/mol. The maximum atomic E-state index is 13.3. The Bertz CT molecular complexity index is 449. The molecule has 0 aliphatic rings. The smallest absolute Gasteiger partial charge is 0.327 e. The maximum absolute atomic E-state index is 13.3. The van der Waals surface area contributed by atoms with E-state index in [0.717, 1.165) is 6.07 Å². The molecule has 0 saturated carbocycles. The number of nitrogens with two attached hydrogens (primary N) is 1. The molecule has 0 bridgehead atoms. The highest BCUT2D eigenvalue weighted by molar-refractivity contribution is 5.63. The van der Waals surface area contributed by atoms with Gasteiger partial charge in [-0.25, -0.2) is 4.39 Å². The van der Waals surface area contributed by atoms with Gasteiger partial charge < -0.3 is 11.1 Å². The van der Waals surface area contributed by atoms with Crippen LogP contribution in [0.15, 0.2) is 12.1 Å². The number of anilines is 1. The van der Waals surface area contributed by atoms with Crippen molar-refractivity contribution in [1.82, 2.24) is 0 Å². The number of benzene rings is 1. The van der Waals surface area contributed by atoms with Crippen molar-refractivity contribution in [2.24, 2.45) is 5.73 Å². The summed E-state index contributed by atoms with van der Waals surface area (Å²) in [5, 5.41) is 13.4. The summed E-state index contributed by atoms with van der Waals surface area (Å²) in [6, 6.07) is 1.34. The molecule has 0 aromatic heterocycles. The van der Waals surface area contributed by atoms with Crippen molar-refractivity contribution in [2.75, 3.05) is 11.9 Å². The number of nitro groups is 1. The predicted molar refractivity (Wildman–Crippen MR) is 59.8 cm³/mol. The van der Waals surface area contributed by atoms with Gasteiger partial charge in [0.15, 0.2) is 0 Å². The van der Waals surface area contributed by atoms with Crippen LogP contribution in [-0.2, 0) is 0 Å². The van der Waals surface area contributed by atoms with E-state index in [9.17, 15) is 18.9 Å². The predicted octanol–water partition coefficient (Wildman–Crippen LogP) is 2.02. The van der Waals surface area contributed by atoms with Crippen LogP contribution in [0.2, 0.25) is 0 Å². The molecule has 0 amide bonds. The van der Waals surface area contributed by atoms with E-state index in [-0.39, 0.29) is 12.2 Å². The van der Waals surface area contributed by atoms with Gasteiger partial charge in [-0.3, -0.25) is 10.1 Å².